The quantitative estimate of drug-likeness (QED) is 0.887. The van der Waals surface area contributed by atoms with Crippen LogP contribution < -0.4 is 5.32 Å². The second-order valence-corrected chi connectivity index (χ2v) is 8.41. The third kappa shape index (κ3) is 3.27. The van der Waals surface area contributed by atoms with Gasteiger partial charge in [-0.2, -0.15) is 4.31 Å². The molecule has 0 aliphatic carbocycles. The van der Waals surface area contributed by atoms with E-state index in [0.29, 0.717) is 24.2 Å². The van der Waals surface area contributed by atoms with E-state index in [1.165, 1.54) is 16.4 Å². The van der Waals surface area contributed by atoms with E-state index in [1.54, 1.807) is 6.07 Å². The smallest absolute Gasteiger partial charge is 0.244 e. The minimum absolute atomic E-state index is 0.0950. The van der Waals surface area contributed by atoms with E-state index in [1.807, 2.05) is 0 Å². The van der Waals surface area contributed by atoms with Crippen molar-refractivity contribution in [2.75, 3.05) is 39.3 Å². The van der Waals surface area contributed by atoms with Crippen molar-refractivity contribution in [1.29, 1.82) is 0 Å². The molecule has 0 aromatic heterocycles. The van der Waals surface area contributed by atoms with Gasteiger partial charge < -0.3 is 5.32 Å². The molecule has 2 aliphatic rings. The van der Waals surface area contributed by atoms with Gasteiger partial charge in [-0.3, -0.25) is 4.90 Å². The summed E-state index contributed by atoms with van der Waals surface area (Å²) >= 11 is 12.0. The van der Waals surface area contributed by atoms with Crippen LogP contribution >= 0.6 is 23.2 Å². The van der Waals surface area contributed by atoms with Crippen LogP contribution in [0.2, 0.25) is 10.0 Å². The van der Waals surface area contributed by atoms with Gasteiger partial charge in [-0.05, 0) is 31.2 Å². The van der Waals surface area contributed by atoms with Crippen molar-refractivity contribution in [1.82, 2.24) is 14.5 Å². The molecular formula is C14H19Cl2N3O2S. The maximum absolute atomic E-state index is 12.7. The molecule has 0 bridgehead atoms. The summed E-state index contributed by atoms with van der Waals surface area (Å²) in [5, 5.41) is 3.93. The molecule has 1 aromatic carbocycles. The Morgan fingerprint density at radius 1 is 1.14 bits per heavy atom. The van der Waals surface area contributed by atoms with E-state index in [-0.39, 0.29) is 9.92 Å². The molecule has 2 saturated heterocycles. The maximum Gasteiger partial charge on any atom is 0.244 e. The summed E-state index contributed by atoms with van der Waals surface area (Å²) in [7, 11) is -3.59. The number of hydrogen-bond acceptors (Lipinski definition) is 4. The van der Waals surface area contributed by atoms with Gasteiger partial charge in [0.2, 0.25) is 10.0 Å². The average Bonchev–Trinajstić information content (AvgIpc) is 3.04. The highest BCUT2D eigenvalue weighted by Crippen LogP contribution is 2.28. The molecule has 2 heterocycles. The van der Waals surface area contributed by atoms with Crippen LogP contribution in [0.25, 0.3) is 0 Å². The normalized spacial score (nSPS) is 24.7. The van der Waals surface area contributed by atoms with Crippen molar-refractivity contribution < 1.29 is 8.42 Å². The highest BCUT2D eigenvalue weighted by Gasteiger charge is 2.33. The SMILES string of the molecule is O=S(=O)(c1cc(Cl)ccc1Cl)N1CCN(C2CCNC2)CC1. The van der Waals surface area contributed by atoms with Gasteiger partial charge in [-0.15, -0.1) is 0 Å². The van der Waals surface area contributed by atoms with E-state index in [2.05, 4.69) is 10.2 Å². The number of sulfonamides is 1. The Labute approximate surface area is 141 Å². The summed E-state index contributed by atoms with van der Waals surface area (Å²) < 4.78 is 27.0. The minimum atomic E-state index is -3.59. The number of nitrogens with zero attached hydrogens (tertiary/aromatic N) is 2. The minimum Gasteiger partial charge on any atom is -0.315 e. The summed E-state index contributed by atoms with van der Waals surface area (Å²) in [6, 6.07) is 5.07. The van der Waals surface area contributed by atoms with Gasteiger partial charge >= 0.3 is 0 Å². The Morgan fingerprint density at radius 2 is 1.86 bits per heavy atom. The van der Waals surface area contributed by atoms with Crippen molar-refractivity contribution in [3.8, 4) is 0 Å². The summed E-state index contributed by atoms with van der Waals surface area (Å²) in [6.07, 6.45) is 1.13. The van der Waals surface area contributed by atoms with Crippen LogP contribution in [0, 0.1) is 0 Å². The molecule has 1 atom stereocenters. The first kappa shape index (κ1) is 16.5. The molecule has 1 unspecified atom stereocenters. The van der Waals surface area contributed by atoms with Gasteiger partial charge in [0.05, 0.1) is 5.02 Å². The first-order chi connectivity index (χ1) is 10.5. The topological polar surface area (TPSA) is 52.7 Å². The van der Waals surface area contributed by atoms with Gasteiger partial charge in [0, 0.05) is 43.8 Å². The Balaban J connectivity index is 1.73. The Morgan fingerprint density at radius 3 is 2.50 bits per heavy atom. The van der Waals surface area contributed by atoms with Crippen LogP contribution in [0.1, 0.15) is 6.42 Å². The number of hydrogen-bond donors (Lipinski definition) is 1. The van der Waals surface area contributed by atoms with Crippen molar-refractivity contribution in [3.63, 3.8) is 0 Å². The molecule has 0 amide bonds. The molecule has 1 N–H and O–H groups in total. The van der Waals surface area contributed by atoms with Crippen molar-refractivity contribution in [3.05, 3.63) is 28.2 Å². The van der Waals surface area contributed by atoms with E-state index in [0.717, 1.165) is 32.6 Å². The molecule has 122 valence electrons. The van der Waals surface area contributed by atoms with Gasteiger partial charge in [-0.25, -0.2) is 8.42 Å². The molecule has 0 spiro atoms. The highest BCUT2D eigenvalue weighted by molar-refractivity contribution is 7.89. The van der Waals surface area contributed by atoms with E-state index in [4.69, 9.17) is 23.2 Å². The van der Waals surface area contributed by atoms with Gasteiger partial charge in [0.25, 0.3) is 0 Å². The van der Waals surface area contributed by atoms with Crippen molar-refractivity contribution in [2.45, 2.75) is 17.4 Å². The fourth-order valence-electron chi connectivity index (χ4n) is 3.07. The zero-order chi connectivity index (χ0) is 15.7. The maximum atomic E-state index is 12.7. The van der Waals surface area contributed by atoms with Crippen LogP contribution in [0.4, 0.5) is 0 Å². The Hall–Kier alpha value is -0.370. The fourth-order valence-corrected chi connectivity index (χ4v) is 5.23. The van der Waals surface area contributed by atoms with Crippen molar-refractivity contribution in [2.24, 2.45) is 0 Å². The zero-order valence-electron chi connectivity index (χ0n) is 12.1. The third-order valence-corrected chi connectivity index (χ3v) is 6.95. The lowest BCUT2D eigenvalue weighted by molar-refractivity contribution is 0.145. The van der Waals surface area contributed by atoms with Gasteiger partial charge in [-0.1, -0.05) is 23.2 Å². The molecule has 0 saturated carbocycles. The second-order valence-electron chi connectivity index (χ2n) is 5.66. The predicted octanol–water partition coefficient (Wildman–Crippen LogP) is 1.66. The molecule has 5 nitrogen and oxygen atoms in total. The summed E-state index contributed by atoms with van der Waals surface area (Å²) in [5.41, 5.74) is 0. The van der Waals surface area contributed by atoms with Crippen molar-refractivity contribution >= 4 is 33.2 Å². The lowest BCUT2D eigenvalue weighted by Gasteiger charge is -2.37. The molecule has 8 heteroatoms. The van der Waals surface area contributed by atoms with Crippen LogP contribution in [0.5, 0.6) is 0 Å². The Kier molecular flexibility index (Phi) is 4.97. The molecule has 0 radical (unpaired) electrons. The van der Waals surface area contributed by atoms with Crippen LogP contribution in [0.3, 0.4) is 0 Å². The van der Waals surface area contributed by atoms with E-state index >= 15 is 0 Å². The second kappa shape index (κ2) is 6.63. The monoisotopic (exact) mass is 363 g/mol. The lowest BCUT2D eigenvalue weighted by atomic mass is 10.2. The first-order valence-electron chi connectivity index (χ1n) is 7.38. The average molecular weight is 364 g/mol. The highest BCUT2D eigenvalue weighted by atomic mass is 35.5. The van der Waals surface area contributed by atoms with Gasteiger partial charge in [0.1, 0.15) is 4.90 Å². The molecule has 2 aliphatic heterocycles. The number of benzene rings is 1. The fraction of sp³-hybridized carbons (Fsp3) is 0.571. The van der Waals surface area contributed by atoms with E-state index < -0.39 is 10.0 Å². The molecule has 3 rings (SSSR count). The predicted molar refractivity (Wildman–Crippen MR) is 88.1 cm³/mol. The first-order valence-corrected chi connectivity index (χ1v) is 9.58. The number of halogens is 2. The summed E-state index contributed by atoms with van der Waals surface area (Å²) in [5.74, 6) is 0. The standard InChI is InChI=1S/C14H19Cl2N3O2S/c15-11-1-2-13(16)14(9-11)22(20,21)19-7-5-18(6-8-19)12-3-4-17-10-12/h1-2,9,12,17H,3-8,10H2. The third-order valence-electron chi connectivity index (χ3n) is 4.34. The van der Waals surface area contributed by atoms with Gasteiger partial charge in [0.15, 0.2) is 0 Å². The lowest BCUT2D eigenvalue weighted by Crippen LogP contribution is -2.52. The molecular weight excluding hydrogens is 345 g/mol. The number of rotatable bonds is 3. The number of nitrogens with one attached hydrogen (secondary N) is 1. The molecule has 1 aromatic rings. The molecule has 22 heavy (non-hydrogen) atoms. The largest absolute Gasteiger partial charge is 0.315 e. The van der Waals surface area contributed by atoms with Crippen LogP contribution in [-0.2, 0) is 10.0 Å². The van der Waals surface area contributed by atoms with Crippen LogP contribution in [-0.4, -0.2) is 62.9 Å². The summed E-state index contributed by atoms with van der Waals surface area (Å²) in [4.78, 5) is 2.46. The zero-order valence-corrected chi connectivity index (χ0v) is 14.5. The molecule has 2 fully saturated rings. The Bertz CT molecular complexity index is 639. The number of piperazine rings is 1. The summed E-state index contributed by atoms with van der Waals surface area (Å²) in [6.45, 7) is 4.52. The van der Waals surface area contributed by atoms with E-state index in [9.17, 15) is 8.42 Å². The van der Waals surface area contributed by atoms with Crippen LogP contribution in [0.15, 0.2) is 23.1 Å².